The molecule has 0 aromatic heterocycles. The van der Waals surface area contributed by atoms with Crippen molar-refractivity contribution in [3.63, 3.8) is 0 Å². The number of amides is 1. The van der Waals surface area contributed by atoms with Crippen LogP contribution in [0.15, 0.2) is 24.3 Å². The molecule has 0 bridgehead atoms. The molecular weight excluding hydrogens is 214 g/mol. The predicted octanol–water partition coefficient (Wildman–Crippen LogP) is 2.70. The fourth-order valence-electron chi connectivity index (χ4n) is 2.29. The Bertz CT molecular complexity index is 378. The standard InChI is InChI=1S/C14H19NO2/c1-10-2-6-12(7-3-10)15-14(17)11-4-8-13(16)9-5-11/h4-5,8-10,12,16H,2-3,6-7H2,1H3,(H,15,17). The van der Waals surface area contributed by atoms with Gasteiger partial charge in [0, 0.05) is 11.6 Å². The van der Waals surface area contributed by atoms with Crippen LogP contribution in [-0.4, -0.2) is 17.1 Å². The molecule has 0 unspecified atom stereocenters. The molecule has 1 aromatic carbocycles. The number of aromatic hydroxyl groups is 1. The van der Waals surface area contributed by atoms with E-state index in [1.54, 1.807) is 12.1 Å². The summed E-state index contributed by atoms with van der Waals surface area (Å²) in [5, 5.41) is 12.2. The maximum Gasteiger partial charge on any atom is 0.251 e. The molecule has 2 rings (SSSR count). The number of phenolic OH excluding ortho intramolecular Hbond substituents is 1. The van der Waals surface area contributed by atoms with Gasteiger partial charge in [-0.25, -0.2) is 0 Å². The fraction of sp³-hybridized carbons (Fsp3) is 0.500. The van der Waals surface area contributed by atoms with Gasteiger partial charge in [0.05, 0.1) is 0 Å². The Kier molecular flexibility index (Phi) is 3.67. The van der Waals surface area contributed by atoms with Crippen molar-refractivity contribution in [2.45, 2.75) is 38.6 Å². The van der Waals surface area contributed by atoms with Crippen LogP contribution in [0.2, 0.25) is 0 Å². The number of phenols is 1. The number of benzene rings is 1. The third-order valence-corrected chi connectivity index (χ3v) is 3.48. The van der Waals surface area contributed by atoms with Crippen LogP contribution in [0, 0.1) is 5.92 Å². The Hall–Kier alpha value is -1.51. The first-order valence-electron chi connectivity index (χ1n) is 6.25. The topological polar surface area (TPSA) is 49.3 Å². The van der Waals surface area contributed by atoms with Crippen LogP contribution in [0.3, 0.4) is 0 Å². The van der Waals surface area contributed by atoms with Gasteiger partial charge in [-0.05, 0) is 55.9 Å². The minimum absolute atomic E-state index is 0.0375. The molecule has 0 radical (unpaired) electrons. The van der Waals surface area contributed by atoms with Crippen molar-refractivity contribution in [2.75, 3.05) is 0 Å². The van der Waals surface area contributed by atoms with Gasteiger partial charge in [-0.2, -0.15) is 0 Å². The molecule has 0 saturated heterocycles. The van der Waals surface area contributed by atoms with Gasteiger partial charge in [-0.3, -0.25) is 4.79 Å². The molecule has 1 aliphatic rings. The van der Waals surface area contributed by atoms with E-state index in [4.69, 9.17) is 5.11 Å². The molecule has 1 aromatic rings. The fourth-order valence-corrected chi connectivity index (χ4v) is 2.29. The highest BCUT2D eigenvalue weighted by molar-refractivity contribution is 5.94. The minimum Gasteiger partial charge on any atom is -0.508 e. The lowest BCUT2D eigenvalue weighted by molar-refractivity contribution is 0.0923. The zero-order chi connectivity index (χ0) is 12.3. The second-order valence-electron chi connectivity index (χ2n) is 4.98. The van der Waals surface area contributed by atoms with E-state index >= 15 is 0 Å². The van der Waals surface area contributed by atoms with Gasteiger partial charge in [-0.1, -0.05) is 6.92 Å². The highest BCUT2D eigenvalue weighted by Crippen LogP contribution is 2.23. The van der Waals surface area contributed by atoms with Gasteiger partial charge in [-0.15, -0.1) is 0 Å². The van der Waals surface area contributed by atoms with Crippen molar-refractivity contribution < 1.29 is 9.90 Å². The first-order chi connectivity index (χ1) is 8.15. The lowest BCUT2D eigenvalue weighted by atomic mass is 9.87. The molecule has 2 N–H and O–H groups in total. The Morgan fingerprint density at radius 1 is 1.18 bits per heavy atom. The molecule has 0 heterocycles. The monoisotopic (exact) mass is 233 g/mol. The Morgan fingerprint density at radius 3 is 2.35 bits per heavy atom. The van der Waals surface area contributed by atoms with Crippen molar-refractivity contribution in [1.29, 1.82) is 0 Å². The average Bonchev–Trinajstić information content (AvgIpc) is 2.33. The Balaban J connectivity index is 1.91. The molecule has 1 saturated carbocycles. The van der Waals surface area contributed by atoms with Gasteiger partial charge < -0.3 is 10.4 Å². The van der Waals surface area contributed by atoms with Gasteiger partial charge in [0.2, 0.25) is 0 Å². The predicted molar refractivity (Wildman–Crippen MR) is 67.0 cm³/mol. The van der Waals surface area contributed by atoms with Crippen LogP contribution < -0.4 is 5.32 Å². The minimum atomic E-state index is -0.0375. The number of nitrogens with one attached hydrogen (secondary N) is 1. The number of carbonyl (C=O) groups excluding carboxylic acids is 1. The van der Waals surface area contributed by atoms with Gasteiger partial charge in [0.25, 0.3) is 5.91 Å². The SMILES string of the molecule is CC1CCC(NC(=O)c2ccc(O)cc2)CC1. The van der Waals surface area contributed by atoms with E-state index in [1.165, 1.54) is 25.0 Å². The molecule has 3 heteroatoms. The van der Waals surface area contributed by atoms with Crippen LogP contribution in [0.1, 0.15) is 43.0 Å². The molecule has 92 valence electrons. The van der Waals surface area contributed by atoms with E-state index in [2.05, 4.69) is 12.2 Å². The van der Waals surface area contributed by atoms with E-state index in [1.807, 2.05) is 0 Å². The van der Waals surface area contributed by atoms with Gasteiger partial charge in [0.1, 0.15) is 5.75 Å². The molecule has 17 heavy (non-hydrogen) atoms. The van der Waals surface area contributed by atoms with E-state index in [0.29, 0.717) is 11.6 Å². The zero-order valence-electron chi connectivity index (χ0n) is 10.1. The van der Waals surface area contributed by atoms with Crippen molar-refractivity contribution in [3.05, 3.63) is 29.8 Å². The summed E-state index contributed by atoms with van der Waals surface area (Å²) in [7, 11) is 0. The van der Waals surface area contributed by atoms with E-state index in [-0.39, 0.29) is 11.7 Å². The summed E-state index contributed by atoms with van der Waals surface area (Å²) in [5.41, 5.74) is 0.612. The summed E-state index contributed by atoms with van der Waals surface area (Å²) >= 11 is 0. The summed E-state index contributed by atoms with van der Waals surface area (Å²) in [6.45, 7) is 2.26. The maximum atomic E-state index is 11.9. The zero-order valence-corrected chi connectivity index (χ0v) is 10.1. The molecule has 0 spiro atoms. The summed E-state index contributed by atoms with van der Waals surface area (Å²) in [6, 6.07) is 6.69. The number of hydrogen-bond donors (Lipinski definition) is 2. The highest BCUT2D eigenvalue weighted by Gasteiger charge is 2.20. The molecule has 1 fully saturated rings. The van der Waals surface area contributed by atoms with Crippen molar-refractivity contribution in [1.82, 2.24) is 5.32 Å². The van der Waals surface area contributed by atoms with E-state index < -0.39 is 0 Å². The third-order valence-electron chi connectivity index (χ3n) is 3.48. The van der Waals surface area contributed by atoms with Crippen LogP contribution in [0.5, 0.6) is 5.75 Å². The van der Waals surface area contributed by atoms with Crippen LogP contribution >= 0.6 is 0 Å². The van der Waals surface area contributed by atoms with E-state index in [9.17, 15) is 4.79 Å². The quantitative estimate of drug-likeness (QED) is 0.825. The summed E-state index contributed by atoms with van der Waals surface area (Å²) in [5.74, 6) is 0.939. The lowest BCUT2D eigenvalue weighted by Crippen LogP contribution is -2.37. The van der Waals surface area contributed by atoms with Crippen molar-refractivity contribution in [2.24, 2.45) is 5.92 Å². The normalized spacial score (nSPS) is 24.3. The Labute approximate surface area is 102 Å². The second-order valence-corrected chi connectivity index (χ2v) is 4.98. The number of rotatable bonds is 2. The largest absolute Gasteiger partial charge is 0.508 e. The average molecular weight is 233 g/mol. The molecule has 0 aliphatic heterocycles. The van der Waals surface area contributed by atoms with Gasteiger partial charge >= 0.3 is 0 Å². The molecular formula is C14H19NO2. The summed E-state index contributed by atoms with van der Waals surface area (Å²) in [4.78, 5) is 11.9. The molecule has 3 nitrogen and oxygen atoms in total. The van der Waals surface area contributed by atoms with Gasteiger partial charge in [0.15, 0.2) is 0 Å². The third kappa shape index (κ3) is 3.22. The van der Waals surface area contributed by atoms with Crippen molar-refractivity contribution in [3.8, 4) is 5.75 Å². The number of carbonyl (C=O) groups is 1. The van der Waals surface area contributed by atoms with Crippen LogP contribution in [0.25, 0.3) is 0 Å². The first-order valence-corrected chi connectivity index (χ1v) is 6.25. The number of hydrogen-bond acceptors (Lipinski definition) is 2. The summed E-state index contributed by atoms with van der Waals surface area (Å²) < 4.78 is 0. The molecule has 0 atom stereocenters. The second kappa shape index (κ2) is 5.21. The first kappa shape index (κ1) is 12.0. The Morgan fingerprint density at radius 2 is 1.76 bits per heavy atom. The summed E-state index contributed by atoms with van der Waals surface area (Å²) in [6.07, 6.45) is 4.54. The molecule has 1 amide bonds. The smallest absolute Gasteiger partial charge is 0.251 e. The van der Waals surface area contributed by atoms with Crippen LogP contribution in [0.4, 0.5) is 0 Å². The lowest BCUT2D eigenvalue weighted by Gasteiger charge is -2.26. The van der Waals surface area contributed by atoms with Crippen molar-refractivity contribution >= 4 is 5.91 Å². The highest BCUT2D eigenvalue weighted by atomic mass is 16.3. The van der Waals surface area contributed by atoms with E-state index in [0.717, 1.165) is 18.8 Å². The van der Waals surface area contributed by atoms with Crippen LogP contribution in [-0.2, 0) is 0 Å². The maximum absolute atomic E-state index is 11.9. The molecule has 1 aliphatic carbocycles.